The Bertz CT molecular complexity index is 902. The molecule has 0 amide bonds. The van der Waals surface area contributed by atoms with Gasteiger partial charge in [0.25, 0.3) is 7.82 Å². The Labute approximate surface area is 158 Å². The predicted molar refractivity (Wildman–Crippen MR) is 91.7 cm³/mol. The van der Waals surface area contributed by atoms with Gasteiger partial charge in [-0.25, -0.2) is 13.9 Å². The van der Waals surface area contributed by atoms with Crippen molar-refractivity contribution >= 4 is 32.8 Å². The van der Waals surface area contributed by atoms with Crippen LogP contribution in [0.1, 0.15) is 16.1 Å². The van der Waals surface area contributed by atoms with Crippen LogP contribution in [-0.4, -0.2) is 33.5 Å². The van der Waals surface area contributed by atoms with Gasteiger partial charge in [-0.15, -0.1) is 0 Å². The van der Waals surface area contributed by atoms with Crippen molar-refractivity contribution < 1.29 is 41.9 Å². The van der Waals surface area contributed by atoms with Gasteiger partial charge in [0.05, 0.1) is 24.2 Å². The van der Waals surface area contributed by atoms with Gasteiger partial charge in [-0.1, -0.05) is 11.3 Å². The lowest BCUT2D eigenvalue weighted by Crippen LogP contribution is -2.35. The van der Waals surface area contributed by atoms with Crippen LogP contribution in [0.4, 0.5) is 5.82 Å². The first-order valence-electron chi connectivity index (χ1n) is 7.35. The molecular weight excluding hydrogens is 422 g/mol. The van der Waals surface area contributed by atoms with Crippen LogP contribution in [0.2, 0.25) is 0 Å². The Kier molecular flexibility index (Phi) is 7.06. The second-order valence-corrected chi connectivity index (χ2v) is 8.96. The summed E-state index contributed by atoms with van der Waals surface area (Å²) >= 11 is 1.36. The van der Waals surface area contributed by atoms with E-state index >= 15 is 0 Å². The van der Waals surface area contributed by atoms with Crippen LogP contribution in [0.25, 0.3) is 0 Å². The van der Waals surface area contributed by atoms with E-state index in [2.05, 4.69) is 18.8 Å². The summed E-state index contributed by atoms with van der Waals surface area (Å²) in [7, 11) is -8.84. The SMILES string of the molecule is COc1ncc(C[n+]2csc(CCOP(=O)([O-])OP(=O)(O)O)c2C)c(N)n1. The molecule has 2 aromatic heterocycles. The van der Waals surface area contributed by atoms with Crippen LogP contribution in [-0.2, 0) is 30.9 Å². The molecule has 0 spiro atoms. The minimum Gasteiger partial charge on any atom is -0.756 e. The molecule has 0 bridgehead atoms. The Morgan fingerprint density at radius 2 is 2.11 bits per heavy atom. The number of hydrogen-bond acceptors (Lipinski definition) is 10. The summed E-state index contributed by atoms with van der Waals surface area (Å²) in [5.41, 5.74) is 9.22. The third-order valence-electron chi connectivity index (χ3n) is 3.34. The third-order valence-corrected chi connectivity index (χ3v) is 6.63. The van der Waals surface area contributed by atoms with Gasteiger partial charge in [-0.05, 0) is 0 Å². The summed E-state index contributed by atoms with van der Waals surface area (Å²) in [6, 6.07) is 0.167. The lowest BCUT2D eigenvalue weighted by atomic mass is 10.2. The lowest BCUT2D eigenvalue weighted by Gasteiger charge is -2.22. The fraction of sp³-hybridized carbons (Fsp3) is 0.417. The van der Waals surface area contributed by atoms with Gasteiger partial charge in [0.2, 0.25) is 5.51 Å². The number of nitrogens with two attached hydrogens (primary N) is 1. The fourth-order valence-corrected chi connectivity index (χ4v) is 4.58. The van der Waals surface area contributed by atoms with Gasteiger partial charge in [0.1, 0.15) is 5.82 Å². The molecule has 1 atom stereocenters. The zero-order chi connectivity index (χ0) is 20.2. The van der Waals surface area contributed by atoms with Crippen LogP contribution in [0.15, 0.2) is 11.7 Å². The van der Waals surface area contributed by atoms with Gasteiger partial charge < -0.3 is 29.7 Å². The van der Waals surface area contributed by atoms with E-state index in [1.165, 1.54) is 18.4 Å². The molecule has 2 heterocycles. The average molecular weight is 440 g/mol. The molecule has 0 saturated heterocycles. The molecule has 12 nitrogen and oxygen atoms in total. The van der Waals surface area contributed by atoms with E-state index in [-0.39, 0.29) is 24.9 Å². The molecule has 0 saturated carbocycles. The van der Waals surface area contributed by atoms with Crippen LogP contribution in [0.3, 0.4) is 0 Å². The maximum Gasteiger partial charge on any atom is 0.476 e. The van der Waals surface area contributed by atoms with Crippen molar-refractivity contribution in [3.8, 4) is 6.01 Å². The second kappa shape index (κ2) is 8.72. The minimum atomic E-state index is -5.19. The molecule has 4 N–H and O–H groups in total. The number of rotatable bonds is 9. The summed E-state index contributed by atoms with van der Waals surface area (Å²) in [6.45, 7) is 1.91. The van der Waals surface area contributed by atoms with Crippen LogP contribution in [0.5, 0.6) is 6.01 Å². The maximum atomic E-state index is 11.3. The Balaban J connectivity index is 1.99. The molecule has 0 aliphatic heterocycles. The van der Waals surface area contributed by atoms with Gasteiger partial charge in [0, 0.05) is 19.5 Å². The van der Waals surface area contributed by atoms with Crippen molar-refractivity contribution in [1.29, 1.82) is 0 Å². The monoisotopic (exact) mass is 440 g/mol. The molecule has 0 radical (unpaired) electrons. The highest BCUT2D eigenvalue weighted by molar-refractivity contribution is 7.60. The number of ether oxygens (including phenoxy) is 1. The number of phosphoric acid groups is 2. The van der Waals surface area contributed by atoms with Crippen molar-refractivity contribution in [1.82, 2.24) is 9.97 Å². The fourth-order valence-electron chi connectivity index (χ4n) is 2.06. The quantitative estimate of drug-likeness (QED) is 0.350. The molecule has 0 fully saturated rings. The van der Waals surface area contributed by atoms with Crippen molar-refractivity contribution in [2.45, 2.75) is 19.9 Å². The van der Waals surface area contributed by atoms with Gasteiger partial charge in [-0.2, -0.15) is 9.55 Å². The molecule has 2 aromatic rings. The summed E-state index contributed by atoms with van der Waals surface area (Å²) in [4.78, 5) is 37.2. The standard InChI is InChI=1S/C12H18N4O8P2S/c1-8-10(3-4-23-26(20,21)24-25(17,18)19)27-7-16(8)6-9-5-14-12(22-2)15-11(9)13/h5,7H,3-4,6H2,1-2H3,(H4-,13,14,15,17,18,19,20,21). The van der Waals surface area contributed by atoms with Crippen molar-refractivity contribution in [3.05, 3.63) is 27.8 Å². The zero-order valence-electron chi connectivity index (χ0n) is 14.3. The number of aromatic nitrogens is 3. The summed E-state index contributed by atoms with van der Waals surface area (Å²) < 4.78 is 36.7. The van der Waals surface area contributed by atoms with Crippen molar-refractivity contribution in [3.63, 3.8) is 0 Å². The third kappa shape index (κ3) is 6.59. The maximum absolute atomic E-state index is 11.3. The van der Waals surface area contributed by atoms with E-state index in [1.807, 2.05) is 17.0 Å². The van der Waals surface area contributed by atoms with Gasteiger partial charge in [-0.3, -0.25) is 4.57 Å². The highest BCUT2D eigenvalue weighted by Gasteiger charge is 2.25. The first-order valence-corrected chi connectivity index (χ1v) is 11.2. The van der Waals surface area contributed by atoms with E-state index in [0.29, 0.717) is 12.1 Å². The van der Waals surface area contributed by atoms with Gasteiger partial charge in [0.15, 0.2) is 12.2 Å². The number of phosphoric ester groups is 1. The van der Waals surface area contributed by atoms with E-state index < -0.39 is 15.6 Å². The van der Waals surface area contributed by atoms with E-state index in [0.717, 1.165) is 10.6 Å². The predicted octanol–water partition coefficient (Wildman–Crippen LogP) is -0.0901. The molecule has 15 heteroatoms. The number of nitrogens with zero attached hydrogens (tertiary/aromatic N) is 3. The minimum absolute atomic E-state index is 0.167. The number of thiazole rings is 1. The lowest BCUT2D eigenvalue weighted by molar-refractivity contribution is -0.689. The highest BCUT2D eigenvalue weighted by Crippen LogP contribution is 2.54. The Morgan fingerprint density at radius 1 is 1.41 bits per heavy atom. The topological polar surface area (TPSA) is 181 Å². The van der Waals surface area contributed by atoms with E-state index in [1.54, 1.807) is 6.20 Å². The van der Waals surface area contributed by atoms with E-state index in [4.69, 9.17) is 20.3 Å². The summed E-state index contributed by atoms with van der Waals surface area (Å²) in [5, 5.41) is 0. The first-order chi connectivity index (χ1) is 12.5. The van der Waals surface area contributed by atoms with Gasteiger partial charge >= 0.3 is 13.8 Å². The van der Waals surface area contributed by atoms with Crippen LogP contribution >= 0.6 is 27.0 Å². The number of methoxy groups -OCH3 is 1. The Hall–Kier alpha value is -1.43. The molecular formula is C12H18N4O8P2S. The first kappa shape index (κ1) is 21.9. The van der Waals surface area contributed by atoms with E-state index in [9.17, 15) is 14.0 Å². The summed E-state index contributed by atoms with van der Waals surface area (Å²) in [5.74, 6) is 0.284. The van der Waals surface area contributed by atoms with Crippen molar-refractivity contribution in [2.75, 3.05) is 19.5 Å². The number of anilines is 1. The molecule has 0 aliphatic rings. The second-order valence-electron chi connectivity index (χ2n) is 5.23. The summed E-state index contributed by atoms with van der Waals surface area (Å²) in [6.07, 6.45) is 1.76. The number of nitrogen functional groups attached to an aromatic ring is 1. The number of hydrogen-bond donors (Lipinski definition) is 3. The highest BCUT2D eigenvalue weighted by atomic mass is 32.1. The smallest absolute Gasteiger partial charge is 0.476 e. The molecule has 2 rings (SSSR count). The normalized spacial score (nSPS) is 14.1. The average Bonchev–Trinajstić information content (AvgIpc) is 2.87. The zero-order valence-corrected chi connectivity index (χ0v) is 16.9. The molecule has 1 unspecified atom stereocenters. The van der Waals surface area contributed by atoms with Crippen LogP contribution in [0, 0.1) is 6.92 Å². The Morgan fingerprint density at radius 3 is 2.70 bits per heavy atom. The van der Waals surface area contributed by atoms with Crippen molar-refractivity contribution in [2.24, 2.45) is 0 Å². The molecule has 27 heavy (non-hydrogen) atoms. The molecule has 0 aromatic carbocycles. The van der Waals surface area contributed by atoms with Crippen LogP contribution < -0.4 is 19.9 Å². The molecule has 150 valence electrons. The largest absolute Gasteiger partial charge is 0.756 e. The molecule has 0 aliphatic carbocycles.